The average Bonchev–Trinajstić information content (AvgIpc) is 3.24. The second-order valence-corrected chi connectivity index (χ2v) is 11.7. The monoisotopic (exact) mass is 580 g/mol. The molecule has 0 spiro atoms. The summed E-state index contributed by atoms with van der Waals surface area (Å²) in [5.74, 6) is 1.80. The van der Waals surface area contributed by atoms with Crippen LogP contribution in [0.1, 0.15) is 75.3 Å². The van der Waals surface area contributed by atoms with Gasteiger partial charge >= 0.3 is 6.09 Å². The van der Waals surface area contributed by atoms with Gasteiger partial charge in [0.05, 0.1) is 24.9 Å². The molecule has 2 heterocycles. The van der Waals surface area contributed by atoms with Gasteiger partial charge in [-0.3, -0.25) is 14.4 Å². The topological polar surface area (TPSA) is 131 Å². The highest BCUT2D eigenvalue weighted by Gasteiger charge is 2.30. The van der Waals surface area contributed by atoms with Crippen molar-refractivity contribution in [3.05, 3.63) is 70.3 Å². The van der Waals surface area contributed by atoms with Crippen molar-refractivity contribution >= 4 is 29.3 Å². The van der Waals surface area contributed by atoms with Gasteiger partial charge in [0.1, 0.15) is 17.6 Å². The Kier molecular flexibility index (Phi) is 9.32. The maximum absolute atomic E-state index is 13.1. The first-order chi connectivity index (χ1) is 19.5. The van der Waals surface area contributed by atoms with E-state index >= 15 is 0 Å². The lowest BCUT2D eigenvalue weighted by molar-refractivity contribution is -0.121. The molecule has 4 rings (SSSR count). The number of fused-ring (bicyclic) bond motifs is 3. The third kappa shape index (κ3) is 7.24. The first kappa shape index (κ1) is 30.0. The molecule has 3 N–H and O–H groups in total. The number of aryl methyl sites for hydroxylation is 1. The molecule has 2 atom stereocenters. The molecule has 1 aliphatic rings. The zero-order valence-electron chi connectivity index (χ0n) is 24.1. The second-order valence-electron chi connectivity index (χ2n) is 11.2. The summed E-state index contributed by atoms with van der Waals surface area (Å²) in [7, 11) is 1.62. The zero-order valence-corrected chi connectivity index (χ0v) is 24.8. The van der Waals surface area contributed by atoms with Crippen LogP contribution in [-0.2, 0) is 4.79 Å². The first-order valence-corrected chi connectivity index (χ1v) is 14.1. The maximum Gasteiger partial charge on any atom is 0.404 e. The van der Waals surface area contributed by atoms with Crippen LogP contribution in [0, 0.1) is 12.3 Å². The molecule has 0 saturated heterocycles. The van der Waals surface area contributed by atoms with Gasteiger partial charge in [-0.15, -0.1) is 10.2 Å². The summed E-state index contributed by atoms with van der Waals surface area (Å²) in [5, 5.41) is 24.1. The van der Waals surface area contributed by atoms with Gasteiger partial charge in [-0.25, -0.2) is 4.79 Å². The van der Waals surface area contributed by atoms with Gasteiger partial charge in [0.15, 0.2) is 5.82 Å². The molecule has 0 fully saturated rings. The number of aromatic nitrogens is 3. The Morgan fingerprint density at radius 2 is 1.85 bits per heavy atom. The predicted molar refractivity (Wildman–Crippen MR) is 158 cm³/mol. The molecule has 2 aromatic carbocycles. The Bertz CT molecular complexity index is 1430. The van der Waals surface area contributed by atoms with Crippen LogP contribution in [-0.4, -0.2) is 57.3 Å². The number of ether oxygens (including phenoxy) is 1. The molecule has 11 heteroatoms. The standard InChI is InChI=1S/C30H37ClN6O4/c1-18-35-36-28-23(17-26(38)32-15-7-6-8-25(30(2,3)4)34-29(39)40)33-27(19-9-11-20(31)12-10-19)22-16-21(41-5)13-14-24(22)37(18)28/h9-14,16,23,25,34H,6-8,15,17H2,1-5H3,(H,32,38)(H,39,40)/t23-,25?/m0/s1. The average molecular weight is 581 g/mol. The van der Waals surface area contributed by atoms with Crippen molar-refractivity contribution in [3.63, 3.8) is 0 Å². The van der Waals surface area contributed by atoms with Gasteiger partial charge in [-0.1, -0.05) is 44.5 Å². The first-order valence-electron chi connectivity index (χ1n) is 13.7. The summed E-state index contributed by atoms with van der Waals surface area (Å²) in [5.41, 5.74) is 3.05. The number of carbonyl (C=O) groups excluding carboxylic acids is 1. The molecule has 2 amide bonds. The minimum Gasteiger partial charge on any atom is -0.497 e. The molecule has 10 nitrogen and oxygen atoms in total. The Labute approximate surface area is 245 Å². The van der Waals surface area contributed by atoms with E-state index in [1.165, 1.54) is 0 Å². The van der Waals surface area contributed by atoms with E-state index in [2.05, 4.69) is 20.8 Å². The third-order valence-corrected chi connectivity index (χ3v) is 7.47. The number of carboxylic acid groups (broad SMARTS) is 1. The largest absolute Gasteiger partial charge is 0.497 e. The number of unbranched alkanes of at least 4 members (excludes halogenated alkanes) is 1. The van der Waals surface area contributed by atoms with Gasteiger partial charge in [0.2, 0.25) is 5.91 Å². The summed E-state index contributed by atoms with van der Waals surface area (Å²) in [6, 6.07) is 12.5. The SMILES string of the molecule is COc1ccc2c(c1)C(c1ccc(Cl)cc1)=N[C@@H](CC(=O)NCCCCC(NC(=O)O)C(C)(C)C)c1nnc(C)n1-2. The molecule has 1 aromatic heterocycles. The predicted octanol–water partition coefficient (Wildman–Crippen LogP) is 5.49. The van der Waals surface area contributed by atoms with Crippen LogP contribution in [0.25, 0.3) is 5.69 Å². The molecule has 41 heavy (non-hydrogen) atoms. The van der Waals surface area contributed by atoms with Crippen molar-refractivity contribution in [3.8, 4) is 11.4 Å². The molecular formula is C30H37ClN6O4. The highest BCUT2D eigenvalue weighted by atomic mass is 35.5. The number of rotatable bonds is 10. The van der Waals surface area contributed by atoms with E-state index in [0.717, 1.165) is 29.7 Å². The van der Waals surface area contributed by atoms with Crippen LogP contribution in [0.4, 0.5) is 4.79 Å². The number of amides is 2. The fourth-order valence-electron chi connectivity index (χ4n) is 5.00. The zero-order chi connectivity index (χ0) is 29.7. The van der Waals surface area contributed by atoms with Gasteiger partial charge < -0.3 is 20.5 Å². The molecule has 0 bridgehead atoms. The number of hydrogen-bond donors (Lipinski definition) is 3. The molecule has 0 aliphatic carbocycles. The van der Waals surface area contributed by atoms with Crippen molar-refractivity contribution in [2.24, 2.45) is 10.4 Å². The van der Waals surface area contributed by atoms with E-state index in [9.17, 15) is 9.59 Å². The van der Waals surface area contributed by atoms with E-state index in [4.69, 9.17) is 26.4 Å². The second kappa shape index (κ2) is 12.7. The smallest absolute Gasteiger partial charge is 0.404 e. The van der Waals surface area contributed by atoms with Crippen LogP contribution < -0.4 is 15.4 Å². The molecular weight excluding hydrogens is 544 g/mol. The lowest BCUT2D eigenvalue weighted by Crippen LogP contribution is -2.43. The van der Waals surface area contributed by atoms with Crippen molar-refractivity contribution in [2.75, 3.05) is 13.7 Å². The van der Waals surface area contributed by atoms with Gasteiger partial charge in [0.25, 0.3) is 0 Å². The van der Waals surface area contributed by atoms with Crippen LogP contribution in [0.3, 0.4) is 0 Å². The Morgan fingerprint density at radius 3 is 2.51 bits per heavy atom. The molecule has 218 valence electrons. The molecule has 0 saturated carbocycles. The molecule has 1 unspecified atom stereocenters. The van der Waals surface area contributed by atoms with Crippen molar-refractivity contribution < 1.29 is 19.4 Å². The van der Waals surface area contributed by atoms with E-state index in [1.807, 2.05) is 74.7 Å². The van der Waals surface area contributed by atoms with Gasteiger partial charge in [0, 0.05) is 28.7 Å². The maximum atomic E-state index is 13.1. The number of nitrogens with one attached hydrogen (secondary N) is 2. The summed E-state index contributed by atoms with van der Waals surface area (Å²) in [4.78, 5) is 29.4. The van der Waals surface area contributed by atoms with Crippen molar-refractivity contribution in [1.29, 1.82) is 0 Å². The van der Waals surface area contributed by atoms with Crippen LogP contribution in [0.15, 0.2) is 47.5 Å². The van der Waals surface area contributed by atoms with Crippen LogP contribution in [0.2, 0.25) is 5.02 Å². The van der Waals surface area contributed by atoms with E-state index in [-0.39, 0.29) is 23.8 Å². The minimum absolute atomic E-state index is 0.0888. The highest BCUT2D eigenvalue weighted by molar-refractivity contribution is 6.30. The Morgan fingerprint density at radius 1 is 1.12 bits per heavy atom. The number of methoxy groups -OCH3 is 1. The van der Waals surface area contributed by atoms with E-state index < -0.39 is 12.1 Å². The van der Waals surface area contributed by atoms with Crippen molar-refractivity contribution in [2.45, 2.75) is 65.5 Å². The van der Waals surface area contributed by atoms with Gasteiger partial charge in [-0.05, 0) is 61.9 Å². The van der Waals surface area contributed by atoms with E-state index in [0.29, 0.717) is 41.1 Å². The summed E-state index contributed by atoms with van der Waals surface area (Å²) in [6.07, 6.45) is 1.25. The minimum atomic E-state index is -1.02. The number of aliphatic imine (C=N–C) groups is 1. The number of carbonyl (C=O) groups is 2. The van der Waals surface area contributed by atoms with Crippen molar-refractivity contribution in [1.82, 2.24) is 25.4 Å². The summed E-state index contributed by atoms with van der Waals surface area (Å²) >= 11 is 6.17. The fraction of sp³-hybridized carbons (Fsp3) is 0.433. The van der Waals surface area contributed by atoms with Crippen LogP contribution >= 0.6 is 11.6 Å². The molecule has 3 aromatic rings. The summed E-state index contributed by atoms with van der Waals surface area (Å²) < 4.78 is 7.46. The summed E-state index contributed by atoms with van der Waals surface area (Å²) in [6.45, 7) is 8.38. The molecule has 0 radical (unpaired) electrons. The lowest BCUT2D eigenvalue weighted by atomic mass is 9.84. The lowest BCUT2D eigenvalue weighted by Gasteiger charge is -2.30. The quantitative estimate of drug-likeness (QED) is 0.272. The van der Waals surface area contributed by atoms with Gasteiger partial charge in [-0.2, -0.15) is 0 Å². The van der Waals surface area contributed by atoms with Crippen LogP contribution in [0.5, 0.6) is 5.75 Å². The third-order valence-electron chi connectivity index (χ3n) is 7.21. The Hall–Kier alpha value is -3.92. The molecule has 1 aliphatic heterocycles. The van der Waals surface area contributed by atoms with E-state index in [1.54, 1.807) is 7.11 Å². The normalized spacial score (nSPS) is 15.2. The number of nitrogens with zero attached hydrogens (tertiary/aromatic N) is 4. The Balaban J connectivity index is 1.54. The fourth-order valence-corrected chi connectivity index (χ4v) is 5.12. The number of hydrogen-bond acceptors (Lipinski definition) is 6. The number of halogens is 1. The number of benzene rings is 2. The highest BCUT2D eigenvalue weighted by Crippen LogP contribution is 2.34.